The topological polar surface area (TPSA) is 103 Å². The summed E-state index contributed by atoms with van der Waals surface area (Å²) in [5, 5.41) is 9.94. The van der Waals surface area contributed by atoms with Crippen LogP contribution in [0.4, 0.5) is 19.1 Å². The van der Waals surface area contributed by atoms with Crippen LogP contribution in [0.3, 0.4) is 0 Å². The van der Waals surface area contributed by atoms with E-state index in [4.69, 9.17) is 15.2 Å². The zero-order valence-corrected chi connectivity index (χ0v) is 16.8. The zero-order valence-electron chi connectivity index (χ0n) is 16.8. The molecule has 0 aliphatic rings. The normalized spacial score (nSPS) is 12.2. The highest BCUT2D eigenvalue weighted by atomic mass is 19.3. The molecule has 164 valence electrons. The predicted molar refractivity (Wildman–Crippen MR) is 108 cm³/mol. The summed E-state index contributed by atoms with van der Waals surface area (Å²) in [6.07, 6.45) is -3.75. The number of hydrogen-bond donors (Lipinski definition) is 2. The fourth-order valence-electron chi connectivity index (χ4n) is 3.00. The number of halogens is 3. The van der Waals surface area contributed by atoms with Gasteiger partial charge >= 0.3 is 0 Å². The summed E-state index contributed by atoms with van der Waals surface area (Å²) in [7, 11) is 1.43. The number of nitrogen functional groups attached to an aromatic ring is 1. The number of benzene rings is 1. The minimum Gasteiger partial charge on any atom is -0.474 e. The fraction of sp³-hybridized carbons (Fsp3) is 0.286. The molecule has 0 amide bonds. The van der Waals surface area contributed by atoms with Crippen LogP contribution in [0, 0.1) is 12.7 Å². The lowest BCUT2D eigenvalue weighted by atomic mass is 9.99. The summed E-state index contributed by atoms with van der Waals surface area (Å²) in [6.45, 7) is 1.41. The Bertz CT molecular complexity index is 1050. The van der Waals surface area contributed by atoms with Gasteiger partial charge in [-0.15, -0.1) is 0 Å². The molecule has 0 aliphatic carbocycles. The zero-order chi connectivity index (χ0) is 22.5. The molecule has 0 aliphatic heterocycles. The van der Waals surface area contributed by atoms with Gasteiger partial charge < -0.3 is 20.3 Å². The van der Waals surface area contributed by atoms with Crippen molar-refractivity contribution < 1.29 is 27.8 Å². The van der Waals surface area contributed by atoms with Gasteiger partial charge in [0.25, 0.3) is 6.43 Å². The van der Waals surface area contributed by atoms with E-state index in [-0.39, 0.29) is 36.3 Å². The highest BCUT2D eigenvalue weighted by Gasteiger charge is 2.22. The smallest absolute Gasteiger partial charge is 0.280 e. The summed E-state index contributed by atoms with van der Waals surface area (Å²) >= 11 is 0. The molecule has 3 rings (SSSR count). The van der Waals surface area contributed by atoms with Crippen molar-refractivity contribution in [2.75, 3.05) is 26.1 Å². The number of ether oxygens (including phenoxy) is 2. The lowest BCUT2D eigenvalue weighted by Gasteiger charge is -2.18. The third-order valence-electron chi connectivity index (χ3n) is 4.27. The number of aromatic nitrogens is 3. The first-order valence-electron chi connectivity index (χ1n) is 9.28. The van der Waals surface area contributed by atoms with Crippen LogP contribution in [0.2, 0.25) is 0 Å². The number of aliphatic hydroxyl groups excluding tert-OH is 1. The Morgan fingerprint density at radius 1 is 1.03 bits per heavy atom. The van der Waals surface area contributed by atoms with Crippen LogP contribution in [0.1, 0.15) is 17.8 Å². The quantitative estimate of drug-likeness (QED) is 0.559. The first-order chi connectivity index (χ1) is 14.8. The van der Waals surface area contributed by atoms with Gasteiger partial charge in [-0.25, -0.2) is 18.2 Å². The summed E-state index contributed by atoms with van der Waals surface area (Å²) < 4.78 is 50.8. The Labute approximate surface area is 176 Å². The number of nitrogens with zero attached hydrogens (tertiary/aromatic N) is 3. The van der Waals surface area contributed by atoms with E-state index in [1.807, 2.05) is 0 Å². The first kappa shape index (κ1) is 22.4. The van der Waals surface area contributed by atoms with Gasteiger partial charge in [-0.2, -0.15) is 4.98 Å². The number of hydrogen-bond acceptors (Lipinski definition) is 7. The molecule has 0 fully saturated rings. The molecule has 7 nitrogen and oxygen atoms in total. The standard InChI is InChI=1S/C21H21F3N4O3/c1-11-7-13(8-16(26-11)19(23)24)17-18(12-3-5-14(22)6-4-12)27-21(25)28-20(17)31-10-15(29)9-30-2/h3-8,15,19,29H,9-10H2,1-2H3,(H2,25,27,28). The van der Waals surface area contributed by atoms with Crippen molar-refractivity contribution in [1.29, 1.82) is 0 Å². The number of rotatable bonds is 8. The highest BCUT2D eigenvalue weighted by Crippen LogP contribution is 2.39. The van der Waals surface area contributed by atoms with Crippen molar-refractivity contribution in [3.05, 3.63) is 53.6 Å². The average molecular weight is 434 g/mol. The van der Waals surface area contributed by atoms with E-state index in [2.05, 4.69) is 15.0 Å². The third kappa shape index (κ3) is 5.47. The summed E-state index contributed by atoms with van der Waals surface area (Å²) in [5.74, 6) is -0.613. The van der Waals surface area contributed by atoms with Crippen molar-refractivity contribution >= 4 is 5.95 Å². The molecule has 1 unspecified atom stereocenters. The van der Waals surface area contributed by atoms with E-state index in [1.165, 1.54) is 37.4 Å². The lowest BCUT2D eigenvalue weighted by molar-refractivity contribution is 0.0316. The number of anilines is 1. The molecule has 10 heteroatoms. The summed E-state index contributed by atoms with van der Waals surface area (Å²) in [6, 6.07) is 8.22. The number of pyridine rings is 1. The molecule has 0 spiro atoms. The van der Waals surface area contributed by atoms with E-state index in [0.717, 1.165) is 0 Å². The van der Waals surface area contributed by atoms with Gasteiger partial charge in [0.1, 0.15) is 24.2 Å². The van der Waals surface area contributed by atoms with Crippen LogP contribution in [0.25, 0.3) is 22.4 Å². The Morgan fingerprint density at radius 3 is 2.39 bits per heavy atom. The minimum atomic E-state index is -2.80. The Hall–Kier alpha value is -3.24. The van der Waals surface area contributed by atoms with Crippen molar-refractivity contribution in [3.63, 3.8) is 0 Å². The number of nitrogens with two attached hydrogens (primary N) is 1. The van der Waals surface area contributed by atoms with Gasteiger partial charge in [0.15, 0.2) is 0 Å². The number of methoxy groups -OCH3 is 1. The van der Waals surface area contributed by atoms with Crippen molar-refractivity contribution in [2.24, 2.45) is 0 Å². The van der Waals surface area contributed by atoms with Crippen molar-refractivity contribution in [1.82, 2.24) is 15.0 Å². The van der Waals surface area contributed by atoms with Gasteiger partial charge in [0.05, 0.1) is 17.9 Å². The van der Waals surface area contributed by atoms with E-state index in [0.29, 0.717) is 16.8 Å². The largest absolute Gasteiger partial charge is 0.474 e. The molecule has 0 bridgehead atoms. The molecule has 0 saturated heterocycles. The maximum absolute atomic E-state index is 13.4. The Balaban J connectivity index is 2.20. The summed E-state index contributed by atoms with van der Waals surface area (Å²) in [4.78, 5) is 12.2. The predicted octanol–water partition coefficient (Wildman–Crippen LogP) is 3.56. The average Bonchev–Trinajstić information content (AvgIpc) is 2.72. The monoisotopic (exact) mass is 434 g/mol. The maximum atomic E-state index is 13.4. The van der Waals surface area contributed by atoms with E-state index < -0.39 is 24.0 Å². The van der Waals surface area contributed by atoms with Crippen LogP contribution in [0.15, 0.2) is 36.4 Å². The molecule has 31 heavy (non-hydrogen) atoms. The second-order valence-electron chi connectivity index (χ2n) is 6.76. The number of aliphatic hydroxyl groups is 1. The van der Waals surface area contributed by atoms with Gasteiger partial charge in [0.2, 0.25) is 11.8 Å². The molecule has 1 atom stereocenters. The van der Waals surface area contributed by atoms with E-state index >= 15 is 0 Å². The van der Waals surface area contributed by atoms with Gasteiger partial charge in [-0.1, -0.05) is 0 Å². The Kier molecular flexibility index (Phi) is 7.03. The Morgan fingerprint density at radius 2 is 1.74 bits per heavy atom. The SMILES string of the molecule is COCC(O)COc1nc(N)nc(-c2ccc(F)cc2)c1-c1cc(C)nc(C(F)F)c1. The third-order valence-corrected chi connectivity index (χ3v) is 4.27. The second-order valence-corrected chi connectivity index (χ2v) is 6.76. The maximum Gasteiger partial charge on any atom is 0.280 e. The molecular weight excluding hydrogens is 413 g/mol. The summed E-state index contributed by atoms with van der Waals surface area (Å²) in [5.41, 5.74) is 7.08. The first-order valence-corrected chi connectivity index (χ1v) is 9.28. The molecule has 2 aromatic heterocycles. The van der Waals surface area contributed by atoms with E-state index in [1.54, 1.807) is 13.0 Å². The van der Waals surface area contributed by atoms with E-state index in [9.17, 15) is 18.3 Å². The van der Waals surface area contributed by atoms with Crippen LogP contribution < -0.4 is 10.5 Å². The molecule has 0 radical (unpaired) electrons. The molecule has 3 aromatic rings. The van der Waals surface area contributed by atoms with Gasteiger partial charge in [-0.3, -0.25) is 4.98 Å². The fourth-order valence-corrected chi connectivity index (χ4v) is 3.00. The van der Waals surface area contributed by atoms with Crippen LogP contribution >= 0.6 is 0 Å². The molecule has 3 N–H and O–H groups in total. The van der Waals surface area contributed by atoms with Crippen molar-refractivity contribution in [3.8, 4) is 28.3 Å². The number of aryl methyl sites for hydroxylation is 1. The second kappa shape index (κ2) is 9.71. The minimum absolute atomic E-state index is 0.0185. The van der Waals surface area contributed by atoms with Crippen LogP contribution in [0.5, 0.6) is 5.88 Å². The molecular formula is C21H21F3N4O3. The van der Waals surface area contributed by atoms with Crippen LogP contribution in [-0.2, 0) is 4.74 Å². The van der Waals surface area contributed by atoms with Crippen LogP contribution in [-0.4, -0.2) is 46.5 Å². The van der Waals surface area contributed by atoms with Crippen molar-refractivity contribution in [2.45, 2.75) is 19.5 Å². The molecule has 1 aromatic carbocycles. The number of alkyl halides is 2. The molecule has 2 heterocycles. The lowest BCUT2D eigenvalue weighted by Crippen LogP contribution is -2.23. The highest BCUT2D eigenvalue weighted by molar-refractivity contribution is 5.85. The molecule has 0 saturated carbocycles. The van der Waals surface area contributed by atoms with Gasteiger partial charge in [-0.05, 0) is 48.9 Å². The van der Waals surface area contributed by atoms with Gasteiger partial charge in [0, 0.05) is 18.4 Å².